The number of rotatable bonds is 4. The van der Waals surface area contributed by atoms with Crippen molar-refractivity contribution in [3.63, 3.8) is 0 Å². The summed E-state index contributed by atoms with van der Waals surface area (Å²) in [5.41, 5.74) is 4.26. The maximum absolute atomic E-state index is 4.64. The minimum atomic E-state index is 0.493. The molecule has 0 amide bonds. The first-order valence-electron chi connectivity index (χ1n) is 8.81. The highest BCUT2D eigenvalue weighted by Crippen LogP contribution is 2.24. The molecule has 0 bridgehead atoms. The Balaban J connectivity index is 1.55. The van der Waals surface area contributed by atoms with Crippen LogP contribution in [-0.4, -0.2) is 30.6 Å². The number of aryl methyl sites for hydroxylation is 1. The van der Waals surface area contributed by atoms with Gasteiger partial charge in [-0.25, -0.2) is 19.5 Å². The van der Waals surface area contributed by atoms with Gasteiger partial charge in [-0.05, 0) is 31.9 Å². The van der Waals surface area contributed by atoms with Crippen molar-refractivity contribution in [3.05, 3.63) is 54.3 Å². The SMILES string of the molecule is C=C(c1ccc2nccn2n1)c1cnc(NC2CCCCC2)nc1C. The highest BCUT2D eigenvalue weighted by atomic mass is 15.2. The molecule has 25 heavy (non-hydrogen) atoms. The molecule has 1 aliphatic rings. The number of nitrogens with zero attached hydrogens (tertiary/aromatic N) is 5. The van der Waals surface area contributed by atoms with Crippen molar-refractivity contribution in [3.8, 4) is 0 Å². The minimum absolute atomic E-state index is 0.493. The number of aromatic nitrogens is 5. The Kier molecular flexibility index (Phi) is 4.17. The van der Waals surface area contributed by atoms with Crippen molar-refractivity contribution >= 4 is 17.2 Å². The second-order valence-electron chi connectivity index (χ2n) is 6.60. The molecule has 0 spiro atoms. The van der Waals surface area contributed by atoms with Gasteiger partial charge in [-0.1, -0.05) is 25.8 Å². The first kappa shape index (κ1) is 15.7. The van der Waals surface area contributed by atoms with E-state index in [2.05, 4.69) is 31.9 Å². The van der Waals surface area contributed by atoms with Gasteiger partial charge in [-0.2, -0.15) is 5.10 Å². The van der Waals surface area contributed by atoms with Crippen molar-refractivity contribution in [2.45, 2.75) is 45.1 Å². The number of nitrogens with one attached hydrogen (secondary N) is 1. The molecule has 0 aromatic carbocycles. The van der Waals surface area contributed by atoms with Crippen LogP contribution < -0.4 is 5.32 Å². The molecule has 4 rings (SSSR count). The lowest BCUT2D eigenvalue weighted by molar-refractivity contribution is 0.460. The first-order chi connectivity index (χ1) is 12.2. The molecule has 1 fully saturated rings. The lowest BCUT2D eigenvalue weighted by Gasteiger charge is -2.23. The Hall–Kier alpha value is -2.76. The quantitative estimate of drug-likeness (QED) is 0.789. The number of fused-ring (bicyclic) bond motifs is 1. The number of imidazole rings is 1. The van der Waals surface area contributed by atoms with Crippen molar-refractivity contribution in [1.29, 1.82) is 0 Å². The van der Waals surface area contributed by atoms with E-state index in [1.54, 1.807) is 10.7 Å². The molecule has 0 aliphatic heterocycles. The molecule has 0 unspecified atom stereocenters. The Morgan fingerprint density at radius 2 is 2.04 bits per heavy atom. The zero-order valence-corrected chi connectivity index (χ0v) is 14.4. The Labute approximate surface area is 147 Å². The number of anilines is 1. The fraction of sp³-hybridized carbons (Fsp3) is 0.368. The first-order valence-corrected chi connectivity index (χ1v) is 8.81. The Morgan fingerprint density at radius 3 is 2.84 bits per heavy atom. The van der Waals surface area contributed by atoms with E-state index < -0.39 is 0 Å². The van der Waals surface area contributed by atoms with Crippen LogP contribution in [0.15, 0.2) is 37.3 Å². The zero-order valence-electron chi connectivity index (χ0n) is 14.4. The molecule has 3 aromatic heterocycles. The van der Waals surface area contributed by atoms with Crippen LogP contribution in [0, 0.1) is 6.92 Å². The van der Waals surface area contributed by atoms with Crippen molar-refractivity contribution in [2.75, 3.05) is 5.32 Å². The van der Waals surface area contributed by atoms with E-state index in [1.165, 1.54) is 32.1 Å². The Morgan fingerprint density at radius 1 is 1.20 bits per heavy atom. The summed E-state index contributed by atoms with van der Waals surface area (Å²) in [5.74, 6) is 0.707. The van der Waals surface area contributed by atoms with E-state index in [1.807, 2.05) is 31.5 Å². The predicted molar refractivity (Wildman–Crippen MR) is 98.4 cm³/mol. The van der Waals surface area contributed by atoms with E-state index in [9.17, 15) is 0 Å². The molecule has 3 aromatic rings. The molecule has 1 aliphatic carbocycles. The lowest BCUT2D eigenvalue weighted by Crippen LogP contribution is -2.23. The average Bonchev–Trinajstić information content (AvgIpc) is 3.10. The normalized spacial score (nSPS) is 15.4. The second kappa shape index (κ2) is 6.63. The van der Waals surface area contributed by atoms with Gasteiger partial charge in [0.05, 0.1) is 11.4 Å². The van der Waals surface area contributed by atoms with Crippen molar-refractivity contribution < 1.29 is 0 Å². The highest BCUT2D eigenvalue weighted by molar-refractivity contribution is 5.77. The molecule has 0 radical (unpaired) electrons. The average molecular weight is 334 g/mol. The lowest BCUT2D eigenvalue weighted by atomic mass is 9.96. The second-order valence-corrected chi connectivity index (χ2v) is 6.60. The molecule has 128 valence electrons. The molecule has 1 N–H and O–H groups in total. The number of hydrogen-bond acceptors (Lipinski definition) is 5. The van der Waals surface area contributed by atoms with E-state index in [0.717, 1.165) is 28.2 Å². The smallest absolute Gasteiger partial charge is 0.223 e. The summed E-state index contributed by atoms with van der Waals surface area (Å²) in [6, 6.07) is 4.36. The molecular formula is C19H22N6. The van der Waals surface area contributed by atoms with Gasteiger partial charge < -0.3 is 5.32 Å². The summed E-state index contributed by atoms with van der Waals surface area (Å²) < 4.78 is 1.75. The van der Waals surface area contributed by atoms with Gasteiger partial charge in [0.2, 0.25) is 5.95 Å². The summed E-state index contributed by atoms with van der Waals surface area (Å²) >= 11 is 0. The molecule has 0 atom stereocenters. The van der Waals surface area contributed by atoms with Gasteiger partial charge in [-0.15, -0.1) is 0 Å². The van der Waals surface area contributed by atoms with Gasteiger partial charge in [-0.3, -0.25) is 0 Å². The Bertz CT molecular complexity index is 907. The van der Waals surface area contributed by atoms with Crippen LogP contribution in [0.2, 0.25) is 0 Å². The van der Waals surface area contributed by atoms with Gasteiger partial charge in [0.15, 0.2) is 5.65 Å². The third-order valence-corrected chi connectivity index (χ3v) is 4.81. The van der Waals surface area contributed by atoms with Crippen molar-refractivity contribution in [2.24, 2.45) is 0 Å². The summed E-state index contributed by atoms with van der Waals surface area (Å²) in [7, 11) is 0. The minimum Gasteiger partial charge on any atom is -0.351 e. The fourth-order valence-electron chi connectivity index (χ4n) is 3.38. The standard InChI is InChI=1S/C19H22N6/c1-13(17-8-9-18-20-10-11-25(18)24-17)16-12-21-19(22-14(16)2)23-15-6-4-3-5-7-15/h8-12,15H,1,3-7H2,2H3,(H,21,22,23). The monoisotopic (exact) mass is 334 g/mol. The maximum atomic E-state index is 4.64. The molecule has 6 heteroatoms. The summed E-state index contributed by atoms with van der Waals surface area (Å²) in [6.45, 7) is 6.19. The third kappa shape index (κ3) is 3.24. The molecule has 1 saturated carbocycles. The largest absolute Gasteiger partial charge is 0.351 e. The molecule has 6 nitrogen and oxygen atoms in total. The van der Waals surface area contributed by atoms with Gasteiger partial charge in [0, 0.05) is 35.8 Å². The zero-order chi connectivity index (χ0) is 17.2. The van der Waals surface area contributed by atoms with Gasteiger partial charge >= 0.3 is 0 Å². The van der Waals surface area contributed by atoms with Gasteiger partial charge in [0.1, 0.15) is 0 Å². The molecule has 3 heterocycles. The van der Waals surface area contributed by atoms with Crippen LogP contribution >= 0.6 is 0 Å². The van der Waals surface area contributed by atoms with E-state index in [4.69, 9.17) is 0 Å². The van der Waals surface area contributed by atoms with Crippen LogP contribution in [0.4, 0.5) is 5.95 Å². The number of hydrogen-bond donors (Lipinski definition) is 1. The van der Waals surface area contributed by atoms with E-state index in [-0.39, 0.29) is 0 Å². The summed E-state index contributed by atoms with van der Waals surface area (Å²) in [5, 5.41) is 8.02. The summed E-state index contributed by atoms with van der Waals surface area (Å²) in [6.07, 6.45) is 11.7. The van der Waals surface area contributed by atoms with Crippen LogP contribution in [-0.2, 0) is 0 Å². The molecule has 0 saturated heterocycles. The van der Waals surface area contributed by atoms with Crippen LogP contribution in [0.1, 0.15) is 49.1 Å². The maximum Gasteiger partial charge on any atom is 0.223 e. The summed E-state index contributed by atoms with van der Waals surface area (Å²) in [4.78, 5) is 13.4. The van der Waals surface area contributed by atoms with E-state index in [0.29, 0.717) is 12.0 Å². The van der Waals surface area contributed by atoms with Crippen molar-refractivity contribution in [1.82, 2.24) is 24.6 Å². The third-order valence-electron chi connectivity index (χ3n) is 4.81. The van der Waals surface area contributed by atoms with Gasteiger partial charge in [0.25, 0.3) is 0 Å². The van der Waals surface area contributed by atoms with Crippen LogP contribution in [0.5, 0.6) is 0 Å². The molecular weight excluding hydrogens is 312 g/mol. The highest BCUT2D eigenvalue weighted by Gasteiger charge is 2.15. The van der Waals surface area contributed by atoms with E-state index >= 15 is 0 Å². The topological polar surface area (TPSA) is 68.0 Å². The fourth-order valence-corrected chi connectivity index (χ4v) is 3.38. The van der Waals surface area contributed by atoms with Crippen LogP contribution in [0.25, 0.3) is 11.2 Å². The predicted octanol–water partition coefficient (Wildman–Crippen LogP) is 3.63. The van der Waals surface area contributed by atoms with Crippen LogP contribution in [0.3, 0.4) is 0 Å².